The quantitative estimate of drug-likeness (QED) is 0.853. The van der Waals surface area contributed by atoms with E-state index in [0.717, 1.165) is 35.5 Å². The predicted octanol–water partition coefficient (Wildman–Crippen LogP) is 4.50. The van der Waals surface area contributed by atoms with Crippen molar-refractivity contribution in [3.05, 3.63) is 54.1 Å². The lowest BCUT2D eigenvalue weighted by Crippen LogP contribution is -2.28. The number of aliphatic carboxylic acids is 1. The molecule has 0 atom stereocenters. The van der Waals surface area contributed by atoms with Gasteiger partial charge in [-0.2, -0.15) is 0 Å². The minimum absolute atomic E-state index is 0.721. The maximum Gasteiger partial charge on any atom is 0.313 e. The largest absolute Gasteiger partial charge is 0.494 e. The zero-order valence-electron chi connectivity index (χ0n) is 13.3. The van der Waals surface area contributed by atoms with Gasteiger partial charge in [-0.05, 0) is 49.1 Å². The van der Waals surface area contributed by atoms with E-state index in [2.05, 4.69) is 6.92 Å². The zero-order chi connectivity index (χ0) is 16.2. The molecule has 116 valence electrons. The number of carboxylic acids is 1. The summed E-state index contributed by atoms with van der Waals surface area (Å²) in [6.07, 6.45) is 0.989. The highest BCUT2D eigenvalue weighted by molar-refractivity contribution is 5.80. The number of carboxylic acid groups (broad SMARTS) is 1. The van der Waals surface area contributed by atoms with Crippen LogP contribution in [0.2, 0.25) is 0 Å². The van der Waals surface area contributed by atoms with Gasteiger partial charge in [0.25, 0.3) is 0 Å². The third kappa shape index (κ3) is 3.48. The molecule has 0 amide bonds. The van der Waals surface area contributed by atoms with Gasteiger partial charge in [0.15, 0.2) is 0 Å². The van der Waals surface area contributed by atoms with Gasteiger partial charge in [-0.3, -0.25) is 4.79 Å². The van der Waals surface area contributed by atoms with Crippen LogP contribution in [-0.2, 0) is 10.2 Å². The average molecular weight is 298 g/mol. The molecule has 2 rings (SSSR count). The molecule has 0 radical (unpaired) electrons. The predicted molar refractivity (Wildman–Crippen MR) is 88.3 cm³/mol. The second kappa shape index (κ2) is 6.65. The molecule has 1 N–H and O–H groups in total. The van der Waals surface area contributed by atoms with E-state index < -0.39 is 11.4 Å². The van der Waals surface area contributed by atoms with Crippen molar-refractivity contribution in [1.29, 1.82) is 0 Å². The summed E-state index contributed by atoms with van der Waals surface area (Å²) in [6, 6.07) is 15.6. The van der Waals surface area contributed by atoms with Crippen molar-refractivity contribution in [2.24, 2.45) is 0 Å². The van der Waals surface area contributed by atoms with Gasteiger partial charge in [-0.1, -0.05) is 43.3 Å². The summed E-state index contributed by atoms with van der Waals surface area (Å²) in [6.45, 7) is 6.22. The lowest BCUT2D eigenvalue weighted by molar-refractivity contribution is -0.142. The van der Waals surface area contributed by atoms with E-state index in [1.807, 2.05) is 48.5 Å². The van der Waals surface area contributed by atoms with E-state index in [0.29, 0.717) is 0 Å². The lowest BCUT2D eigenvalue weighted by atomic mass is 9.84. The van der Waals surface area contributed by atoms with E-state index in [4.69, 9.17) is 4.74 Å². The van der Waals surface area contributed by atoms with Gasteiger partial charge >= 0.3 is 5.97 Å². The minimum atomic E-state index is -0.879. The van der Waals surface area contributed by atoms with Crippen molar-refractivity contribution in [3.63, 3.8) is 0 Å². The normalized spacial score (nSPS) is 11.2. The Labute approximate surface area is 131 Å². The Morgan fingerprint density at radius 2 is 1.50 bits per heavy atom. The molecule has 0 spiro atoms. The van der Waals surface area contributed by atoms with Crippen LogP contribution in [0.3, 0.4) is 0 Å². The molecule has 22 heavy (non-hydrogen) atoms. The molecule has 0 aliphatic heterocycles. The minimum Gasteiger partial charge on any atom is -0.494 e. The summed E-state index contributed by atoms with van der Waals surface area (Å²) in [5, 5.41) is 9.27. The summed E-state index contributed by atoms with van der Waals surface area (Å²) < 4.78 is 5.57. The Morgan fingerprint density at radius 3 is 1.95 bits per heavy atom. The number of benzene rings is 2. The van der Waals surface area contributed by atoms with E-state index in [1.165, 1.54) is 0 Å². The first kappa shape index (κ1) is 16.1. The van der Waals surface area contributed by atoms with E-state index in [9.17, 15) is 9.90 Å². The SMILES string of the molecule is CCCOc1ccc(-c2ccc(C(C)(C)C(=O)O)cc2)cc1. The molecular weight excluding hydrogens is 276 g/mol. The van der Waals surface area contributed by atoms with E-state index in [1.54, 1.807) is 13.8 Å². The van der Waals surface area contributed by atoms with Crippen LogP contribution in [0.25, 0.3) is 11.1 Å². The first-order chi connectivity index (χ1) is 10.4. The van der Waals surface area contributed by atoms with Crippen LogP contribution in [0.5, 0.6) is 5.75 Å². The standard InChI is InChI=1S/C19H22O3/c1-4-13-22-17-11-7-15(8-12-17)14-5-9-16(10-6-14)19(2,3)18(20)21/h5-12H,4,13H2,1-3H3,(H,20,21). The zero-order valence-corrected chi connectivity index (χ0v) is 13.3. The van der Waals surface area contributed by atoms with Crippen LogP contribution in [-0.4, -0.2) is 17.7 Å². The molecule has 0 bridgehead atoms. The third-order valence-electron chi connectivity index (χ3n) is 3.80. The lowest BCUT2D eigenvalue weighted by Gasteiger charge is -2.19. The van der Waals surface area contributed by atoms with Gasteiger partial charge in [-0.25, -0.2) is 0 Å². The van der Waals surface area contributed by atoms with Gasteiger partial charge in [0.1, 0.15) is 5.75 Å². The molecule has 3 heteroatoms. The molecule has 3 nitrogen and oxygen atoms in total. The second-order valence-electron chi connectivity index (χ2n) is 5.88. The van der Waals surface area contributed by atoms with Gasteiger partial charge in [0, 0.05) is 0 Å². The molecule has 2 aromatic carbocycles. The Kier molecular flexibility index (Phi) is 4.86. The molecular formula is C19H22O3. The van der Waals surface area contributed by atoms with Gasteiger partial charge in [-0.15, -0.1) is 0 Å². The third-order valence-corrected chi connectivity index (χ3v) is 3.80. The molecule has 0 aliphatic carbocycles. The fraction of sp³-hybridized carbons (Fsp3) is 0.316. The molecule has 0 unspecified atom stereocenters. The van der Waals surface area contributed by atoms with Crippen LogP contribution < -0.4 is 4.74 Å². The topological polar surface area (TPSA) is 46.5 Å². The smallest absolute Gasteiger partial charge is 0.313 e. The maximum absolute atomic E-state index is 11.3. The number of hydrogen-bond acceptors (Lipinski definition) is 2. The summed E-state index contributed by atoms with van der Waals surface area (Å²) in [4.78, 5) is 11.3. The summed E-state index contributed by atoms with van der Waals surface area (Å²) in [7, 11) is 0. The highest BCUT2D eigenvalue weighted by Gasteiger charge is 2.29. The van der Waals surface area contributed by atoms with Crippen LogP contribution in [0.1, 0.15) is 32.8 Å². The number of rotatable bonds is 6. The summed E-state index contributed by atoms with van der Waals surface area (Å²) >= 11 is 0. The van der Waals surface area contributed by atoms with Gasteiger partial charge in [0.05, 0.1) is 12.0 Å². The highest BCUT2D eigenvalue weighted by Crippen LogP contribution is 2.27. The molecule has 0 aliphatic rings. The fourth-order valence-electron chi connectivity index (χ4n) is 2.17. The van der Waals surface area contributed by atoms with Crippen molar-refractivity contribution in [2.45, 2.75) is 32.6 Å². The first-order valence-electron chi connectivity index (χ1n) is 7.52. The molecule has 0 saturated carbocycles. The monoisotopic (exact) mass is 298 g/mol. The van der Waals surface area contributed by atoms with Crippen LogP contribution in [0.15, 0.2) is 48.5 Å². The van der Waals surface area contributed by atoms with Crippen molar-refractivity contribution < 1.29 is 14.6 Å². The second-order valence-corrected chi connectivity index (χ2v) is 5.88. The first-order valence-corrected chi connectivity index (χ1v) is 7.52. The van der Waals surface area contributed by atoms with E-state index in [-0.39, 0.29) is 0 Å². The van der Waals surface area contributed by atoms with E-state index >= 15 is 0 Å². The molecule has 2 aromatic rings. The van der Waals surface area contributed by atoms with Crippen LogP contribution >= 0.6 is 0 Å². The van der Waals surface area contributed by atoms with Gasteiger partial charge < -0.3 is 9.84 Å². The van der Waals surface area contributed by atoms with Gasteiger partial charge in [0.2, 0.25) is 0 Å². The highest BCUT2D eigenvalue weighted by atomic mass is 16.5. The average Bonchev–Trinajstić information content (AvgIpc) is 2.53. The molecule has 0 aromatic heterocycles. The number of ether oxygens (including phenoxy) is 1. The van der Waals surface area contributed by atoms with Crippen molar-refractivity contribution in [3.8, 4) is 16.9 Å². The Hall–Kier alpha value is -2.29. The molecule has 0 saturated heterocycles. The van der Waals surface area contributed by atoms with Crippen molar-refractivity contribution >= 4 is 5.97 Å². The number of carbonyl (C=O) groups is 1. The van der Waals surface area contributed by atoms with Crippen molar-refractivity contribution in [2.75, 3.05) is 6.61 Å². The number of hydrogen-bond donors (Lipinski definition) is 1. The summed E-state index contributed by atoms with van der Waals surface area (Å²) in [5.74, 6) is 0.0481. The molecule has 0 heterocycles. The Morgan fingerprint density at radius 1 is 1.00 bits per heavy atom. The summed E-state index contributed by atoms with van der Waals surface area (Å²) in [5.41, 5.74) is 2.07. The Bertz CT molecular complexity index is 625. The maximum atomic E-state index is 11.3. The Balaban J connectivity index is 2.18. The van der Waals surface area contributed by atoms with Crippen LogP contribution in [0, 0.1) is 0 Å². The van der Waals surface area contributed by atoms with Crippen molar-refractivity contribution in [1.82, 2.24) is 0 Å². The molecule has 0 fully saturated rings. The fourth-order valence-corrected chi connectivity index (χ4v) is 2.17. The van der Waals surface area contributed by atoms with Crippen LogP contribution in [0.4, 0.5) is 0 Å².